The standard InChI is InChI=1S/C11H11N3O2/c1-8-4-13-10(5-12-8)6-14-11(15)9-2-3-16-7-9/h2-5,7H,6H2,1H3,(H,14,15). The fourth-order valence-electron chi connectivity index (χ4n) is 1.18. The summed E-state index contributed by atoms with van der Waals surface area (Å²) >= 11 is 0. The summed E-state index contributed by atoms with van der Waals surface area (Å²) in [6.45, 7) is 2.22. The van der Waals surface area contributed by atoms with Gasteiger partial charge in [0.15, 0.2) is 0 Å². The molecule has 0 aliphatic heterocycles. The highest BCUT2D eigenvalue weighted by Crippen LogP contribution is 2.00. The number of aromatic nitrogens is 2. The van der Waals surface area contributed by atoms with Crippen LogP contribution in [-0.2, 0) is 6.54 Å². The normalized spacial score (nSPS) is 10.1. The van der Waals surface area contributed by atoms with Crippen LogP contribution in [0.25, 0.3) is 0 Å². The number of nitrogens with one attached hydrogen (secondary N) is 1. The Kier molecular flexibility index (Phi) is 2.95. The molecule has 16 heavy (non-hydrogen) atoms. The van der Waals surface area contributed by atoms with Crippen molar-refractivity contribution >= 4 is 5.91 Å². The van der Waals surface area contributed by atoms with Crippen LogP contribution in [0.4, 0.5) is 0 Å². The molecule has 1 N–H and O–H groups in total. The molecule has 0 aromatic carbocycles. The lowest BCUT2D eigenvalue weighted by Crippen LogP contribution is -2.22. The van der Waals surface area contributed by atoms with Crippen molar-refractivity contribution in [2.75, 3.05) is 0 Å². The van der Waals surface area contributed by atoms with Gasteiger partial charge in [0.1, 0.15) is 6.26 Å². The van der Waals surface area contributed by atoms with E-state index >= 15 is 0 Å². The van der Waals surface area contributed by atoms with E-state index in [1.165, 1.54) is 12.5 Å². The van der Waals surface area contributed by atoms with Crippen molar-refractivity contribution in [3.8, 4) is 0 Å². The van der Waals surface area contributed by atoms with Crippen LogP contribution in [0.1, 0.15) is 21.7 Å². The maximum absolute atomic E-state index is 11.5. The number of amides is 1. The van der Waals surface area contributed by atoms with Crippen LogP contribution in [0, 0.1) is 6.92 Å². The Morgan fingerprint density at radius 1 is 1.44 bits per heavy atom. The minimum atomic E-state index is -0.184. The number of hydrogen-bond donors (Lipinski definition) is 1. The molecule has 2 rings (SSSR count). The predicted molar refractivity (Wildman–Crippen MR) is 56.6 cm³/mol. The molecule has 0 radical (unpaired) electrons. The molecular formula is C11H11N3O2. The van der Waals surface area contributed by atoms with Gasteiger partial charge >= 0.3 is 0 Å². The second-order valence-electron chi connectivity index (χ2n) is 3.34. The summed E-state index contributed by atoms with van der Waals surface area (Å²) in [5.74, 6) is -0.184. The SMILES string of the molecule is Cc1cnc(CNC(=O)c2ccoc2)cn1. The third-order valence-corrected chi connectivity index (χ3v) is 2.05. The van der Waals surface area contributed by atoms with E-state index < -0.39 is 0 Å². The molecular weight excluding hydrogens is 206 g/mol. The van der Waals surface area contributed by atoms with Gasteiger partial charge in [-0.3, -0.25) is 14.8 Å². The van der Waals surface area contributed by atoms with Crippen LogP contribution in [0.2, 0.25) is 0 Å². The van der Waals surface area contributed by atoms with E-state index in [1.807, 2.05) is 6.92 Å². The first kappa shape index (κ1) is 10.4. The smallest absolute Gasteiger partial charge is 0.254 e. The molecule has 2 heterocycles. The maximum atomic E-state index is 11.5. The molecule has 1 amide bonds. The van der Waals surface area contributed by atoms with Gasteiger partial charge in [0.25, 0.3) is 5.91 Å². The van der Waals surface area contributed by atoms with Crippen molar-refractivity contribution in [3.63, 3.8) is 0 Å². The zero-order valence-corrected chi connectivity index (χ0v) is 8.80. The van der Waals surface area contributed by atoms with Crippen molar-refractivity contribution in [1.29, 1.82) is 0 Å². The molecule has 2 aromatic rings. The van der Waals surface area contributed by atoms with Crippen LogP contribution in [0.5, 0.6) is 0 Å². The van der Waals surface area contributed by atoms with Gasteiger partial charge in [-0.1, -0.05) is 0 Å². The van der Waals surface area contributed by atoms with Gasteiger partial charge in [0.05, 0.1) is 36.0 Å². The van der Waals surface area contributed by atoms with Crippen LogP contribution in [0.15, 0.2) is 35.4 Å². The number of hydrogen-bond acceptors (Lipinski definition) is 4. The third kappa shape index (κ3) is 2.44. The zero-order valence-electron chi connectivity index (χ0n) is 8.80. The Hall–Kier alpha value is -2.17. The summed E-state index contributed by atoms with van der Waals surface area (Å²) in [6.07, 6.45) is 6.17. The van der Waals surface area contributed by atoms with Crippen molar-refractivity contribution < 1.29 is 9.21 Å². The molecule has 0 fully saturated rings. The summed E-state index contributed by atoms with van der Waals surface area (Å²) in [5.41, 5.74) is 2.08. The summed E-state index contributed by atoms with van der Waals surface area (Å²) < 4.78 is 4.81. The van der Waals surface area contributed by atoms with Crippen molar-refractivity contribution in [2.24, 2.45) is 0 Å². The number of furan rings is 1. The Balaban J connectivity index is 1.93. The molecule has 5 nitrogen and oxygen atoms in total. The van der Waals surface area contributed by atoms with Gasteiger partial charge in [0, 0.05) is 6.20 Å². The Morgan fingerprint density at radius 2 is 2.31 bits per heavy atom. The van der Waals surface area contributed by atoms with E-state index in [0.717, 1.165) is 11.4 Å². The molecule has 82 valence electrons. The van der Waals surface area contributed by atoms with Gasteiger partial charge in [-0.05, 0) is 13.0 Å². The molecule has 0 unspecified atom stereocenters. The predicted octanol–water partition coefficient (Wildman–Crippen LogP) is 1.31. The minimum Gasteiger partial charge on any atom is -0.472 e. The number of rotatable bonds is 3. The monoisotopic (exact) mass is 217 g/mol. The first-order chi connectivity index (χ1) is 7.75. The highest BCUT2D eigenvalue weighted by atomic mass is 16.3. The van der Waals surface area contributed by atoms with Crippen molar-refractivity contribution in [2.45, 2.75) is 13.5 Å². The van der Waals surface area contributed by atoms with E-state index in [2.05, 4.69) is 15.3 Å². The van der Waals surface area contributed by atoms with Gasteiger partial charge in [0.2, 0.25) is 0 Å². The quantitative estimate of drug-likeness (QED) is 0.841. The van der Waals surface area contributed by atoms with Crippen LogP contribution < -0.4 is 5.32 Å². The molecule has 0 aliphatic carbocycles. The molecule has 0 saturated carbocycles. The Morgan fingerprint density at radius 3 is 2.94 bits per heavy atom. The third-order valence-electron chi connectivity index (χ3n) is 2.05. The highest BCUT2D eigenvalue weighted by Gasteiger charge is 2.06. The largest absolute Gasteiger partial charge is 0.472 e. The average Bonchev–Trinajstić information content (AvgIpc) is 2.81. The number of carbonyl (C=O) groups excluding carboxylic acids is 1. The highest BCUT2D eigenvalue weighted by molar-refractivity contribution is 5.93. The summed E-state index contributed by atoms with van der Waals surface area (Å²) in [5, 5.41) is 2.72. The van der Waals surface area contributed by atoms with Gasteiger partial charge in [-0.25, -0.2) is 0 Å². The van der Waals surface area contributed by atoms with E-state index in [1.54, 1.807) is 18.5 Å². The van der Waals surface area contributed by atoms with Crippen molar-refractivity contribution in [1.82, 2.24) is 15.3 Å². The van der Waals surface area contributed by atoms with Gasteiger partial charge < -0.3 is 9.73 Å². The molecule has 0 saturated heterocycles. The second-order valence-corrected chi connectivity index (χ2v) is 3.34. The Bertz CT molecular complexity index is 462. The molecule has 2 aromatic heterocycles. The van der Waals surface area contributed by atoms with Crippen LogP contribution in [0.3, 0.4) is 0 Å². The fourth-order valence-corrected chi connectivity index (χ4v) is 1.18. The van der Waals surface area contributed by atoms with E-state index in [4.69, 9.17) is 4.42 Å². The zero-order chi connectivity index (χ0) is 11.4. The molecule has 5 heteroatoms. The number of carbonyl (C=O) groups is 1. The minimum absolute atomic E-state index is 0.184. The number of aryl methyl sites for hydroxylation is 1. The van der Waals surface area contributed by atoms with Gasteiger partial charge in [-0.2, -0.15) is 0 Å². The summed E-state index contributed by atoms with van der Waals surface area (Å²) in [7, 11) is 0. The summed E-state index contributed by atoms with van der Waals surface area (Å²) in [4.78, 5) is 19.7. The van der Waals surface area contributed by atoms with Crippen molar-refractivity contribution in [3.05, 3.63) is 47.9 Å². The molecule has 0 spiro atoms. The van der Waals surface area contributed by atoms with Crippen LogP contribution in [-0.4, -0.2) is 15.9 Å². The fraction of sp³-hybridized carbons (Fsp3) is 0.182. The lowest BCUT2D eigenvalue weighted by Gasteiger charge is -2.02. The molecule has 0 atom stereocenters. The lowest BCUT2D eigenvalue weighted by molar-refractivity contribution is 0.0950. The van der Waals surface area contributed by atoms with Gasteiger partial charge in [-0.15, -0.1) is 0 Å². The molecule has 0 aliphatic rings. The average molecular weight is 217 g/mol. The first-order valence-corrected chi connectivity index (χ1v) is 4.83. The first-order valence-electron chi connectivity index (χ1n) is 4.83. The maximum Gasteiger partial charge on any atom is 0.254 e. The van der Waals surface area contributed by atoms with Crippen LogP contribution >= 0.6 is 0 Å². The Labute approximate surface area is 92.5 Å². The summed E-state index contributed by atoms with van der Waals surface area (Å²) in [6, 6.07) is 1.61. The number of nitrogens with zero attached hydrogens (tertiary/aromatic N) is 2. The van der Waals surface area contributed by atoms with E-state index in [-0.39, 0.29) is 5.91 Å². The lowest BCUT2D eigenvalue weighted by atomic mass is 10.3. The van der Waals surface area contributed by atoms with E-state index in [9.17, 15) is 4.79 Å². The topological polar surface area (TPSA) is 68.0 Å². The second kappa shape index (κ2) is 4.57. The molecule has 0 bridgehead atoms. The van der Waals surface area contributed by atoms with E-state index in [0.29, 0.717) is 12.1 Å².